The third-order valence-electron chi connectivity index (χ3n) is 4.66. The molecule has 134 valence electrons. The Labute approximate surface area is 154 Å². The molecule has 1 saturated heterocycles. The highest BCUT2D eigenvalue weighted by Crippen LogP contribution is 2.34. The Balaban J connectivity index is 0.00000225. The predicted octanol–water partition coefficient (Wildman–Crippen LogP) is 4.03. The van der Waals surface area contributed by atoms with Crippen LogP contribution in [0.1, 0.15) is 52.5 Å². The molecule has 0 N–H and O–H groups in total. The molecule has 0 spiro atoms. The van der Waals surface area contributed by atoms with Gasteiger partial charge in [0, 0.05) is 12.6 Å². The van der Waals surface area contributed by atoms with Gasteiger partial charge in [0.2, 0.25) is 0 Å². The lowest BCUT2D eigenvalue weighted by Gasteiger charge is -2.37. The number of halogens is 1. The standard InChI is InChI=1S/C19H23N3O2.ClH/c1-13-7-9-15(10-8-13)17-5-4-6-18(24-17)22(3)19-14(2)16(11-23)20-12-21-19;/h7-12,17-18H,4-6H2,1-3H3;1H/t17-,18+;/m0./s1. The van der Waals surface area contributed by atoms with Gasteiger partial charge < -0.3 is 9.64 Å². The molecule has 1 aliphatic rings. The summed E-state index contributed by atoms with van der Waals surface area (Å²) in [6.07, 6.45) is 5.30. The first-order valence-corrected chi connectivity index (χ1v) is 8.31. The minimum absolute atomic E-state index is 0. The van der Waals surface area contributed by atoms with Gasteiger partial charge >= 0.3 is 0 Å². The van der Waals surface area contributed by atoms with Crippen molar-refractivity contribution in [2.24, 2.45) is 0 Å². The molecule has 0 bridgehead atoms. The van der Waals surface area contributed by atoms with E-state index in [9.17, 15) is 4.79 Å². The molecule has 2 aromatic rings. The molecule has 25 heavy (non-hydrogen) atoms. The minimum atomic E-state index is -0.0573. The number of nitrogens with zero attached hydrogens (tertiary/aromatic N) is 3. The minimum Gasteiger partial charge on any atom is -0.350 e. The molecule has 1 aromatic carbocycles. The Morgan fingerprint density at radius 1 is 1.16 bits per heavy atom. The van der Waals surface area contributed by atoms with Crippen molar-refractivity contribution in [3.63, 3.8) is 0 Å². The number of ether oxygens (including phenoxy) is 1. The second-order valence-electron chi connectivity index (χ2n) is 6.36. The van der Waals surface area contributed by atoms with Crippen LogP contribution in [0.2, 0.25) is 0 Å². The molecule has 5 nitrogen and oxygen atoms in total. The summed E-state index contributed by atoms with van der Waals surface area (Å²) in [5.74, 6) is 0.752. The summed E-state index contributed by atoms with van der Waals surface area (Å²) >= 11 is 0. The topological polar surface area (TPSA) is 55.3 Å². The molecule has 6 heteroatoms. The molecular weight excluding hydrogens is 338 g/mol. The largest absolute Gasteiger partial charge is 0.350 e. The van der Waals surface area contributed by atoms with E-state index in [0.29, 0.717) is 5.69 Å². The molecule has 3 rings (SSSR count). The lowest BCUT2D eigenvalue weighted by molar-refractivity contribution is -0.0503. The van der Waals surface area contributed by atoms with E-state index < -0.39 is 0 Å². The van der Waals surface area contributed by atoms with Crippen molar-refractivity contribution in [2.45, 2.75) is 45.4 Å². The maximum Gasteiger partial charge on any atom is 0.168 e. The normalized spacial score (nSPS) is 19.8. The highest BCUT2D eigenvalue weighted by molar-refractivity contribution is 5.85. The monoisotopic (exact) mass is 361 g/mol. The van der Waals surface area contributed by atoms with Crippen LogP contribution in [0.5, 0.6) is 0 Å². The van der Waals surface area contributed by atoms with E-state index in [4.69, 9.17) is 4.74 Å². The van der Waals surface area contributed by atoms with Gasteiger partial charge in [-0.1, -0.05) is 29.8 Å². The van der Waals surface area contributed by atoms with Crippen molar-refractivity contribution in [3.05, 3.63) is 53.0 Å². The predicted molar refractivity (Wildman–Crippen MR) is 100 cm³/mol. The van der Waals surface area contributed by atoms with Crippen molar-refractivity contribution in [1.82, 2.24) is 9.97 Å². The Kier molecular flexibility index (Phi) is 6.51. The molecule has 0 unspecified atom stereocenters. The molecule has 1 fully saturated rings. The van der Waals surface area contributed by atoms with E-state index in [1.807, 2.05) is 18.9 Å². The lowest BCUT2D eigenvalue weighted by atomic mass is 9.99. The summed E-state index contributed by atoms with van der Waals surface area (Å²) in [6.45, 7) is 3.96. The van der Waals surface area contributed by atoms with Crippen LogP contribution in [0.4, 0.5) is 5.82 Å². The molecule has 1 aliphatic heterocycles. The van der Waals surface area contributed by atoms with Gasteiger partial charge in [0.05, 0.1) is 6.10 Å². The maximum atomic E-state index is 11.1. The summed E-state index contributed by atoms with van der Waals surface area (Å²) in [6, 6.07) is 8.53. The second kappa shape index (κ2) is 8.41. The summed E-state index contributed by atoms with van der Waals surface area (Å²) in [5, 5.41) is 0. The fraction of sp³-hybridized carbons (Fsp3) is 0.421. The highest BCUT2D eigenvalue weighted by atomic mass is 35.5. The van der Waals surface area contributed by atoms with Crippen LogP contribution in [0.3, 0.4) is 0 Å². The maximum absolute atomic E-state index is 11.1. The SMILES string of the molecule is Cc1ccc([C@@H]2CCC[C@H](N(C)c3ncnc(C=O)c3C)O2)cc1.Cl. The second-order valence-corrected chi connectivity index (χ2v) is 6.36. The number of anilines is 1. The van der Waals surface area contributed by atoms with E-state index in [1.54, 1.807) is 0 Å². The molecule has 2 atom stereocenters. The molecule has 0 aliphatic carbocycles. The zero-order chi connectivity index (χ0) is 17.1. The third-order valence-corrected chi connectivity index (χ3v) is 4.66. The van der Waals surface area contributed by atoms with Gasteiger partial charge in [-0.3, -0.25) is 4.79 Å². The Hall–Kier alpha value is -1.98. The number of hydrogen-bond acceptors (Lipinski definition) is 5. The molecule has 1 aromatic heterocycles. The molecule has 0 saturated carbocycles. The molecule has 2 heterocycles. The first-order chi connectivity index (χ1) is 11.6. The molecule has 0 radical (unpaired) electrons. The van der Waals surface area contributed by atoms with Crippen LogP contribution in [0.15, 0.2) is 30.6 Å². The third kappa shape index (κ3) is 4.17. The van der Waals surface area contributed by atoms with Gasteiger partial charge in [-0.25, -0.2) is 9.97 Å². The lowest BCUT2D eigenvalue weighted by Crippen LogP contribution is -2.38. The average molecular weight is 362 g/mol. The van der Waals surface area contributed by atoms with E-state index in [-0.39, 0.29) is 24.7 Å². The van der Waals surface area contributed by atoms with Gasteiger partial charge in [0.25, 0.3) is 0 Å². The summed E-state index contributed by atoms with van der Waals surface area (Å²) in [7, 11) is 1.96. The molecule has 0 amide bonds. The smallest absolute Gasteiger partial charge is 0.168 e. The van der Waals surface area contributed by atoms with Crippen LogP contribution in [0, 0.1) is 13.8 Å². The first-order valence-electron chi connectivity index (χ1n) is 8.31. The van der Waals surface area contributed by atoms with E-state index >= 15 is 0 Å². The summed E-state index contributed by atoms with van der Waals surface area (Å²) in [5.41, 5.74) is 3.68. The number of aldehydes is 1. The number of carbonyl (C=O) groups is 1. The van der Waals surface area contributed by atoms with Gasteiger partial charge in [-0.05, 0) is 38.7 Å². The average Bonchev–Trinajstić information content (AvgIpc) is 2.62. The van der Waals surface area contributed by atoms with E-state index in [1.165, 1.54) is 17.5 Å². The van der Waals surface area contributed by atoms with Crippen molar-refractivity contribution in [2.75, 3.05) is 11.9 Å². The van der Waals surface area contributed by atoms with Crippen molar-refractivity contribution < 1.29 is 9.53 Å². The van der Waals surface area contributed by atoms with Crippen molar-refractivity contribution >= 4 is 24.5 Å². The Bertz CT molecular complexity index is 721. The number of hydrogen-bond donors (Lipinski definition) is 0. The van der Waals surface area contributed by atoms with Crippen LogP contribution in [0.25, 0.3) is 0 Å². The summed E-state index contributed by atoms with van der Waals surface area (Å²) in [4.78, 5) is 21.5. The fourth-order valence-electron chi connectivity index (χ4n) is 3.18. The first kappa shape index (κ1) is 19.3. The van der Waals surface area contributed by atoms with Gasteiger partial charge in [0.15, 0.2) is 6.29 Å². The quantitative estimate of drug-likeness (QED) is 0.769. The van der Waals surface area contributed by atoms with Crippen LogP contribution < -0.4 is 4.90 Å². The number of rotatable bonds is 4. The molecular formula is C19H24ClN3O2. The number of aryl methyl sites for hydroxylation is 1. The van der Waals surface area contributed by atoms with E-state index in [0.717, 1.165) is 36.9 Å². The van der Waals surface area contributed by atoms with Gasteiger partial charge in [-0.2, -0.15) is 0 Å². The fourth-order valence-corrected chi connectivity index (χ4v) is 3.18. The summed E-state index contributed by atoms with van der Waals surface area (Å²) < 4.78 is 6.33. The van der Waals surface area contributed by atoms with Crippen molar-refractivity contribution in [3.8, 4) is 0 Å². The van der Waals surface area contributed by atoms with E-state index in [2.05, 4.69) is 41.2 Å². The van der Waals surface area contributed by atoms with Crippen LogP contribution in [-0.2, 0) is 4.74 Å². The Morgan fingerprint density at radius 2 is 1.88 bits per heavy atom. The number of benzene rings is 1. The van der Waals surface area contributed by atoms with Gasteiger partial charge in [0.1, 0.15) is 24.1 Å². The van der Waals surface area contributed by atoms with Crippen LogP contribution >= 0.6 is 12.4 Å². The highest BCUT2D eigenvalue weighted by Gasteiger charge is 2.28. The Morgan fingerprint density at radius 3 is 2.56 bits per heavy atom. The van der Waals surface area contributed by atoms with Crippen LogP contribution in [-0.4, -0.2) is 29.5 Å². The number of carbonyl (C=O) groups excluding carboxylic acids is 1. The van der Waals surface area contributed by atoms with Crippen molar-refractivity contribution in [1.29, 1.82) is 0 Å². The van der Waals surface area contributed by atoms with Gasteiger partial charge in [-0.15, -0.1) is 12.4 Å². The number of aromatic nitrogens is 2. The zero-order valence-corrected chi connectivity index (χ0v) is 15.6. The zero-order valence-electron chi connectivity index (χ0n) is 14.8.